The van der Waals surface area contributed by atoms with E-state index in [9.17, 15) is 4.79 Å². The van der Waals surface area contributed by atoms with E-state index in [1.54, 1.807) is 0 Å². The molecule has 0 N–H and O–H groups in total. The van der Waals surface area contributed by atoms with E-state index in [1.807, 2.05) is 53.2 Å². The van der Waals surface area contributed by atoms with Crippen LogP contribution in [-0.4, -0.2) is 14.0 Å². The van der Waals surface area contributed by atoms with Crippen molar-refractivity contribution in [1.82, 2.24) is 14.0 Å². The second-order valence-electron chi connectivity index (χ2n) is 6.73. The van der Waals surface area contributed by atoms with Crippen LogP contribution in [0, 0.1) is 0 Å². The Hall–Kier alpha value is -2.62. The van der Waals surface area contributed by atoms with Crippen LogP contribution < -0.4 is 5.56 Å². The molecule has 0 atom stereocenters. The number of pyridine rings is 2. The van der Waals surface area contributed by atoms with Gasteiger partial charge < -0.3 is 0 Å². The van der Waals surface area contributed by atoms with E-state index in [-0.39, 0.29) is 11.6 Å². The molecule has 24 heavy (non-hydrogen) atoms. The van der Waals surface area contributed by atoms with Crippen LogP contribution in [0.25, 0.3) is 27.6 Å². The van der Waals surface area contributed by atoms with E-state index in [0.717, 1.165) is 40.4 Å². The second-order valence-corrected chi connectivity index (χ2v) is 6.73. The first kappa shape index (κ1) is 13.8. The lowest BCUT2D eigenvalue weighted by molar-refractivity contribution is 0.353. The van der Waals surface area contributed by atoms with Gasteiger partial charge in [-0.05, 0) is 31.0 Å². The van der Waals surface area contributed by atoms with Crippen molar-refractivity contribution in [2.75, 3.05) is 0 Å². The minimum Gasteiger partial charge on any atom is -0.289 e. The van der Waals surface area contributed by atoms with E-state index >= 15 is 0 Å². The molecule has 4 aromatic rings. The predicted octanol–water partition coefficient (Wildman–Crippen LogP) is 4.31. The number of rotatable bonds is 1. The van der Waals surface area contributed by atoms with Crippen LogP contribution >= 0.6 is 0 Å². The zero-order valence-electron chi connectivity index (χ0n) is 13.5. The maximum Gasteiger partial charge on any atom is 0.260 e. The number of nitrogens with zero attached hydrogens (tertiary/aromatic N) is 3. The first-order chi connectivity index (χ1) is 11.8. The lowest BCUT2D eigenvalue weighted by atomic mass is 9.95. The van der Waals surface area contributed by atoms with Crippen molar-refractivity contribution in [3.8, 4) is 0 Å². The fourth-order valence-electron chi connectivity index (χ4n) is 4.17. The molecule has 0 amide bonds. The van der Waals surface area contributed by atoms with Gasteiger partial charge in [0.1, 0.15) is 16.8 Å². The highest BCUT2D eigenvalue weighted by Gasteiger charge is 2.23. The van der Waals surface area contributed by atoms with Crippen molar-refractivity contribution in [3.05, 3.63) is 59.0 Å². The number of aromatic nitrogens is 3. The first-order valence-electron chi connectivity index (χ1n) is 8.74. The van der Waals surface area contributed by atoms with Gasteiger partial charge in [-0.1, -0.05) is 43.5 Å². The molecule has 120 valence electrons. The minimum atomic E-state index is 0.121. The predicted molar refractivity (Wildman–Crippen MR) is 96.6 cm³/mol. The average Bonchev–Trinajstić information content (AvgIpc) is 3.03. The number of fused-ring (bicyclic) bond motifs is 5. The molecule has 0 aliphatic heterocycles. The molecule has 0 saturated heterocycles. The van der Waals surface area contributed by atoms with Gasteiger partial charge in [-0.2, -0.15) is 0 Å². The summed E-state index contributed by atoms with van der Waals surface area (Å²) >= 11 is 0. The van der Waals surface area contributed by atoms with Crippen molar-refractivity contribution < 1.29 is 0 Å². The van der Waals surface area contributed by atoms with Crippen LogP contribution in [0.1, 0.15) is 38.1 Å². The molecular weight excluding hydrogens is 298 g/mol. The van der Waals surface area contributed by atoms with E-state index in [1.165, 1.54) is 19.3 Å². The molecule has 1 aromatic carbocycles. The Morgan fingerprint density at radius 2 is 1.67 bits per heavy atom. The summed E-state index contributed by atoms with van der Waals surface area (Å²) in [6, 6.07) is 14.1. The van der Waals surface area contributed by atoms with Crippen molar-refractivity contribution >= 4 is 27.6 Å². The summed E-state index contributed by atoms with van der Waals surface area (Å²) in [5.74, 6) is 0. The largest absolute Gasteiger partial charge is 0.289 e. The molecule has 4 nitrogen and oxygen atoms in total. The lowest BCUT2D eigenvalue weighted by Gasteiger charge is -2.25. The van der Waals surface area contributed by atoms with E-state index in [4.69, 9.17) is 4.98 Å². The quantitative estimate of drug-likeness (QED) is 0.525. The molecule has 5 rings (SSSR count). The molecule has 0 radical (unpaired) electrons. The Balaban J connectivity index is 2.00. The lowest BCUT2D eigenvalue weighted by Crippen LogP contribution is -2.27. The van der Waals surface area contributed by atoms with Gasteiger partial charge in [-0.3, -0.25) is 13.8 Å². The average molecular weight is 317 g/mol. The molecule has 3 aromatic heterocycles. The molecule has 1 saturated carbocycles. The van der Waals surface area contributed by atoms with Crippen LogP contribution in [0.15, 0.2) is 53.5 Å². The zero-order valence-corrected chi connectivity index (χ0v) is 13.5. The molecule has 4 heteroatoms. The normalized spacial score (nSPS) is 16.3. The van der Waals surface area contributed by atoms with E-state index in [2.05, 4.69) is 4.40 Å². The fourth-order valence-corrected chi connectivity index (χ4v) is 4.17. The highest BCUT2D eigenvalue weighted by molar-refractivity contribution is 6.03. The van der Waals surface area contributed by atoms with Gasteiger partial charge in [0, 0.05) is 23.0 Å². The topological polar surface area (TPSA) is 39.3 Å². The van der Waals surface area contributed by atoms with Crippen molar-refractivity contribution in [2.45, 2.75) is 38.1 Å². The number of hydrogen-bond acceptors (Lipinski definition) is 2. The molecule has 3 heterocycles. The maximum atomic E-state index is 13.3. The Kier molecular flexibility index (Phi) is 2.98. The van der Waals surface area contributed by atoms with E-state index < -0.39 is 0 Å². The highest BCUT2D eigenvalue weighted by atomic mass is 16.1. The first-order valence-corrected chi connectivity index (χ1v) is 8.74. The van der Waals surface area contributed by atoms with Crippen LogP contribution in [0.4, 0.5) is 0 Å². The standard InChI is InChI=1S/C20H19N3O/c24-20-16-11-5-4-10-15(16)18-19(22-13-7-6-12-17(22)21-18)23(20)14-8-2-1-3-9-14/h4-7,10-14H,1-3,8-9H2. The SMILES string of the molecule is O=c1c2ccccc2c2nc3ccccn3c2n1C1CCCCC1. The molecule has 1 aliphatic carbocycles. The Labute approximate surface area is 139 Å². The van der Waals surface area contributed by atoms with Gasteiger partial charge >= 0.3 is 0 Å². The Morgan fingerprint density at radius 1 is 0.917 bits per heavy atom. The highest BCUT2D eigenvalue weighted by Crippen LogP contribution is 2.32. The van der Waals surface area contributed by atoms with Crippen LogP contribution in [0.5, 0.6) is 0 Å². The van der Waals surface area contributed by atoms with Crippen molar-refractivity contribution in [2.24, 2.45) is 0 Å². The Morgan fingerprint density at radius 3 is 2.50 bits per heavy atom. The summed E-state index contributed by atoms with van der Waals surface area (Å²) in [7, 11) is 0. The molecular formula is C20H19N3O. The van der Waals surface area contributed by atoms with Gasteiger partial charge in [-0.15, -0.1) is 0 Å². The van der Waals surface area contributed by atoms with Crippen LogP contribution in [0.2, 0.25) is 0 Å². The van der Waals surface area contributed by atoms with E-state index in [0.29, 0.717) is 0 Å². The monoisotopic (exact) mass is 317 g/mol. The summed E-state index contributed by atoms with van der Waals surface area (Å²) in [5, 5.41) is 1.73. The molecule has 1 aliphatic rings. The third-order valence-corrected chi connectivity index (χ3v) is 5.30. The third kappa shape index (κ3) is 1.86. The number of imidazole rings is 1. The minimum absolute atomic E-state index is 0.121. The summed E-state index contributed by atoms with van der Waals surface area (Å²) in [4.78, 5) is 18.1. The summed E-state index contributed by atoms with van der Waals surface area (Å²) in [6.07, 6.45) is 7.83. The fraction of sp³-hybridized carbons (Fsp3) is 0.300. The van der Waals surface area contributed by atoms with Crippen LogP contribution in [0.3, 0.4) is 0 Å². The van der Waals surface area contributed by atoms with Gasteiger partial charge in [0.25, 0.3) is 5.56 Å². The van der Waals surface area contributed by atoms with Crippen LogP contribution in [-0.2, 0) is 0 Å². The molecule has 0 spiro atoms. The number of benzene rings is 1. The van der Waals surface area contributed by atoms with Crippen molar-refractivity contribution in [3.63, 3.8) is 0 Å². The maximum absolute atomic E-state index is 13.3. The number of hydrogen-bond donors (Lipinski definition) is 0. The third-order valence-electron chi connectivity index (χ3n) is 5.30. The second kappa shape index (κ2) is 5.20. The molecule has 1 fully saturated rings. The van der Waals surface area contributed by atoms with Gasteiger partial charge in [-0.25, -0.2) is 4.98 Å². The van der Waals surface area contributed by atoms with Gasteiger partial charge in [0.05, 0.1) is 0 Å². The summed E-state index contributed by atoms with van der Waals surface area (Å²) in [6.45, 7) is 0. The summed E-state index contributed by atoms with van der Waals surface area (Å²) in [5.41, 5.74) is 2.90. The molecule has 0 unspecified atom stereocenters. The summed E-state index contributed by atoms with van der Waals surface area (Å²) < 4.78 is 4.09. The zero-order chi connectivity index (χ0) is 16.1. The smallest absolute Gasteiger partial charge is 0.260 e. The van der Waals surface area contributed by atoms with Gasteiger partial charge in [0.15, 0.2) is 0 Å². The van der Waals surface area contributed by atoms with Gasteiger partial charge in [0.2, 0.25) is 0 Å². The Bertz CT molecular complexity index is 1120. The van der Waals surface area contributed by atoms with Crippen molar-refractivity contribution in [1.29, 1.82) is 0 Å². The molecule has 0 bridgehead atoms.